The summed E-state index contributed by atoms with van der Waals surface area (Å²) in [6, 6.07) is 112. The summed E-state index contributed by atoms with van der Waals surface area (Å²) < 4.78 is 0. The lowest BCUT2D eigenvalue weighted by Gasteiger charge is -2.27. The van der Waals surface area contributed by atoms with E-state index < -0.39 is 0 Å². The van der Waals surface area contributed by atoms with Crippen molar-refractivity contribution >= 4 is 83.5 Å². The molecule has 0 fully saturated rings. The normalized spacial score (nSPS) is 11.2. The predicted molar refractivity (Wildman–Crippen MR) is 319 cm³/mol. The van der Waals surface area contributed by atoms with Crippen LogP contribution in [0.25, 0.3) is 65.7 Å². The van der Waals surface area contributed by atoms with Crippen molar-refractivity contribution in [3.63, 3.8) is 0 Å². The molecule has 3 nitrogen and oxygen atoms in total. The number of benzene rings is 13. The fourth-order valence-corrected chi connectivity index (χ4v) is 10.8. The van der Waals surface area contributed by atoms with Gasteiger partial charge in [0.25, 0.3) is 0 Å². The third-order valence-electron chi connectivity index (χ3n) is 14.4. The van der Waals surface area contributed by atoms with Gasteiger partial charge in [0.05, 0.1) is 17.1 Å². The summed E-state index contributed by atoms with van der Waals surface area (Å²) in [6.07, 6.45) is 0. The van der Waals surface area contributed by atoms with Gasteiger partial charge >= 0.3 is 0 Å². The number of para-hydroxylation sites is 3. The number of hydrogen-bond donors (Lipinski definition) is 0. The average Bonchev–Trinajstić information content (AvgIpc) is 3.49. The van der Waals surface area contributed by atoms with Crippen molar-refractivity contribution in [2.45, 2.75) is 0 Å². The second-order valence-electron chi connectivity index (χ2n) is 18.9. The molecule has 13 rings (SSSR count). The van der Waals surface area contributed by atoms with Crippen LogP contribution in [0.15, 0.2) is 309 Å². The fourth-order valence-electron chi connectivity index (χ4n) is 10.8. The standard InChI is InChI=1S/C72H51N3/c1-4-25-61(26-5-1)73(70-34-16-22-55-19-10-13-31-67(55)70)64-43-37-52(38-44-64)58-49-59(53-39-45-65(46-40-53)74(62-27-6-2-7-28-62)71-35-17-23-56-20-11-14-32-68(56)71)51-60(50-58)54-41-47-66(48-42-54)75(63-29-8-3-9-30-63)72-36-18-24-57-21-12-15-33-69(57)72/h1-51H. The highest BCUT2D eigenvalue weighted by molar-refractivity contribution is 6.02. The molecule has 0 aromatic heterocycles. The van der Waals surface area contributed by atoms with Gasteiger partial charge in [-0.1, -0.05) is 200 Å². The van der Waals surface area contributed by atoms with Crippen LogP contribution in [0.5, 0.6) is 0 Å². The quantitative estimate of drug-likeness (QED) is 0.121. The Labute approximate surface area is 438 Å². The van der Waals surface area contributed by atoms with Crippen molar-refractivity contribution in [3.05, 3.63) is 309 Å². The van der Waals surface area contributed by atoms with Crippen LogP contribution in [0.3, 0.4) is 0 Å². The molecule has 0 aliphatic carbocycles. The molecular weight excluding hydrogens is 907 g/mol. The maximum absolute atomic E-state index is 2.37. The van der Waals surface area contributed by atoms with E-state index in [0.29, 0.717) is 0 Å². The third kappa shape index (κ3) is 8.83. The monoisotopic (exact) mass is 957 g/mol. The molecule has 0 unspecified atom stereocenters. The molecule has 0 saturated heterocycles. The Kier molecular flexibility index (Phi) is 11.9. The van der Waals surface area contributed by atoms with Crippen molar-refractivity contribution in [2.75, 3.05) is 14.7 Å². The van der Waals surface area contributed by atoms with Crippen molar-refractivity contribution in [3.8, 4) is 33.4 Å². The summed E-state index contributed by atoms with van der Waals surface area (Å²) >= 11 is 0. The van der Waals surface area contributed by atoms with Crippen molar-refractivity contribution in [1.82, 2.24) is 0 Å². The Bertz CT molecular complexity index is 3640. The Morgan fingerprint density at radius 2 is 0.387 bits per heavy atom. The van der Waals surface area contributed by atoms with Crippen LogP contribution in [0, 0.1) is 0 Å². The van der Waals surface area contributed by atoms with Crippen LogP contribution in [0.4, 0.5) is 51.2 Å². The minimum atomic E-state index is 1.09. The van der Waals surface area contributed by atoms with Crippen LogP contribution in [0.2, 0.25) is 0 Å². The van der Waals surface area contributed by atoms with E-state index in [0.717, 1.165) is 84.6 Å². The number of anilines is 9. The lowest BCUT2D eigenvalue weighted by Crippen LogP contribution is -2.10. The first-order valence-corrected chi connectivity index (χ1v) is 25.7. The zero-order valence-electron chi connectivity index (χ0n) is 41.3. The zero-order chi connectivity index (χ0) is 49.9. The van der Waals surface area contributed by atoms with Crippen LogP contribution in [-0.4, -0.2) is 0 Å². The highest BCUT2D eigenvalue weighted by Crippen LogP contribution is 2.44. The second kappa shape index (κ2) is 19.9. The van der Waals surface area contributed by atoms with Gasteiger partial charge in [0.1, 0.15) is 0 Å². The van der Waals surface area contributed by atoms with E-state index in [1.165, 1.54) is 32.3 Å². The topological polar surface area (TPSA) is 9.72 Å². The molecular formula is C72H51N3. The van der Waals surface area contributed by atoms with Crippen LogP contribution in [-0.2, 0) is 0 Å². The number of fused-ring (bicyclic) bond motifs is 3. The summed E-state index contributed by atoms with van der Waals surface area (Å²) in [6.45, 7) is 0. The summed E-state index contributed by atoms with van der Waals surface area (Å²) in [5.41, 5.74) is 16.8. The van der Waals surface area contributed by atoms with Gasteiger partial charge in [-0.3, -0.25) is 0 Å². The average molecular weight is 958 g/mol. The molecule has 0 aliphatic rings. The van der Waals surface area contributed by atoms with E-state index in [-0.39, 0.29) is 0 Å². The lowest BCUT2D eigenvalue weighted by molar-refractivity contribution is 1.30. The lowest BCUT2D eigenvalue weighted by atomic mass is 9.93. The molecule has 354 valence electrons. The molecule has 0 saturated carbocycles. The molecule has 0 atom stereocenters. The molecule has 0 heterocycles. The summed E-state index contributed by atoms with van der Waals surface area (Å²) in [4.78, 5) is 7.10. The minimum Gasteiger partial charge on any atom is -0.310 e. The van der Waals surface area contributed by atoms with E-state index >= 15 is 0 Å². The van der Waals surface area contributed by atoms with Gasteiger partial charge in [-0.05, 0) is 159 Å². The largest absolute Gasteiger partial charge is 0.310 e. The molecule has 0 radical (unpaired) electrons. The molecule has 13 aromatic carbocycles. The van der Waals surface area contributed by atoms with Gasteiger partial charge in [-0.15, -0.1) is 0 Å². The Balaban J connectivity index is 0.922. The molecule has 0 amide bonds. The maximum atomic E-state index is 2.37. The Hall–Kier alpha value is -9.96. The first kappa shape index (κ1) is 44.9. The molecule has 75 heavy (non-hydrogen) atoms. The first-order valence-electron chi connectivity index (χ1n) is 25.7. The highest BCUT2D eigenvalue weighted by Gasteiger charge is 2.19. The molecule has 0 bridgehead atoms. The van der Waals surface area contributed by atoms with Crippen LogP contribution < -0.4 is 14.7 Å². The fraction of sp³-hybridized carbons (Fsp3) is 0. The summed E-state index contributed by atoms with van der Waals surface area (Å²) in [5, 5.41) is 7.24. The third-order valence-corrected chi connectivity index (χ3v) is 14.4. The van der Waals surface area contributed by atoms with Gasteiger partial charge in [0.2, 0.25) is 0 Å². The molecule has 3 heteroatoms. The van der Waals surface area contributed by atoms with E-state index in [4.69, 9.17) is 0 Å². The van der Waals surface area contributed by atoms with E-state index in [2.05, 4.69) is 324 Å². The zero-order valence-corrected chi connectivity index (χ0v) is 41.3. The maximum Gasteiger partial charge on any atom is 0.0540 e. The first-order chi connectivity index (χ1) is 37.2. The van der Waals surface area contributed by atoms with Crippen LogP contribution >= 0.6 is 0 Å². The minimum absolute atomic E-state index is 1.09. The van der Waals surface area contributed by atoms with Crippen molar-refractivity contribution in [1.29, 1.82) is 0 Å². The van der Waals surface area contributed by atoms with Gasteiger partial charge in [-0.25, -0.2) is 0 Å². The number of hydrogen-bond acceptors (Lipinski definition) is 3. The number of nitrogens with zero attached hydrogens (tertiary/aromatic N) is 3. The van der Waals surface area contributed by atoms with Crippen LogP contribution in [0.1, 0.15) is 0 Å². The summed E-state index contributed by atoms with van der Waals surface area (Å²) in [7, 11) is 0. The van der Waals surface area contributed by atoms with Gasteiger partial charge in [-0.2, -0.15) is 0 Å². The Morgan fingerprint density at radius 1 is 0.160 bits per heavy atom. The SMILES string of the molecule is c1ccc(N(c2ccc(-c3cc(-c4ccc(N(c5ccccc5)c5cccc6ccccc56)cc4)cc(-c4ccc(N(c5ccccc5)c5cccc6ccccc56)cc4)c3)cc2)c2cccc3ccccc23)cc1. The molecule has 0 aliphatic heterocycles. The number of rotatable bonds is 12. The van der Waals surface area contributed by atoms with Crippen molar-refractivity contribution < 1.29 is 0 Å². The highest BCUT2D eigenvalue weighted by atomic mass is 15.2. The van der Waals surface area contributed by atoms with Crippen molar-refractivity contribution in [2.24, 2.45) is 0 Å². The van der Waals surface area contributed by atoms with E-state index in [1.807, 2.05) is 0 Å². The summed E-state index contributed by atoms with van der Waals surface area (Å²) in [5.74, 6) is 0. The molecule has 13 aromatic rings. The van der Waals surface area contributed by atoms with Gasteiger partial charge in [0, 0.05) is 50.3 Å². The van der Waals surface area contributed by atoms with E-state index in [1.54, 1.807) is 0 Å². The Morgan fingerprint density at radius 3 is 0.667 bits per heavy atom. The van der Waals surface area contributed by atoms with Gasteiger partial charge in [0.15, 0.2) is 0 Å². The molecule has 0 spiro atoms. The van der Waals surface area contributed by atoms with Gasteiger partial charge < -0.3 is 14.7 Å². The molecule has 0 N–H and O–H groups in total. The second-order valence-corrected chi connectivity index (χ2v) is 18.9. The predicted octanol–water partition coefficient (Wildman–Crippen LogP) is 20.6. The van der Waals surface area contributed by atoms with E-state index in [9.17, 15) is 0 Å². The smallest absolute Gasteiger partial charge is 0.0540 e.